The zero-order chi connectivity index (χ0) is 8.36. The van der Waals surface area contributed by atoms with E-state index in [1.807, 2.05) is 0 Å². The van der Waals surface area contributed by atoms with Gasteiger partial charge in [0, 0.05) is 0 Å². The molecule has 11 heavy (non-hydrogen) atoms. The molecule has 0 bridgehead atoms. The molecule has 0 aliphatic rings. The summed E-state index contributed by atoms with van der Waals surface area (Å²) in [4.78, 5) is 4.31. The Balaban J connectivity index is 2.89. The number of hydrogen-bond donors (Lipinski definition) is 0. The van der Waals surface area contributed by atoms with Gasteiger partial charge in [-0.05, 0) is 0 Å². The monoisotopic (exact) mass is 147 g/mol. The summed E-state index contributed by atoms with van der Waals surface area (Å²) in [5.74, 6) is 0. The summed E-state index contributed by atoms with van der Waals surface area (Å²) >= 11 is 2.18. The van der Waals surface area contributed by atoms with Crippen LogP contribution < -0.4 is 0 Å². The minimum atomic E-state index is 1.04. The maximum absolute atomic E-state index is 4.31. The first-order chi connectivity index (χ1) is 5.41. The van der Waals surface area contributed by atoms with Crippen molar-refractivity contribution >= 4 is 23.9 Å². The molecule has 0 fully saturated rings. The Morgan fingerprint density at radius 1 is 1.27 bits per heavy atom. The molecule has 0 saturated carbocycles. The number of rotatable bonds is 7. The van der Waals surface area contributed by atoms with Crippen LogP contribution in [-0.2, 0) is 0 Å². The Bertz CT molecular complexity index is 91.6. The third kappa shape index (κ3) is 10.3. The van der Waals surface area contributed by atoms with Crippen molar-refractivity contribution < 1.29 is 0 Å². The van der Waals surface area contributed by atoms with Gasteiger partial charge in [0.1, 0.15) is 0 Å². The fourth-order valence-electron chi connectivity index (χ4n) is 0.942. The van der Waals surface area contributed by atoms with Crippen LogP contribution in [-0.4, -0.2) is 30.5 Å². The van der Waals surface area contributed by atoms with Crippen molar-refractivity contribution in [1.29, 1.82) is 0 Å². The fraction of sp³-hybridized carbons (Fsp3) is 0.889. The first-order valence-electron chi connectivity index (χ1n) is 4.90. The molecule has 0 aromatic carbocycles. The van der Waals surface area contributed by atoms with Crippen LogP contribution in [0.2, 0.25) is 5.09 Å². The van der Waals surface area contributed by atoms with Gasteiger partial charge in [-0.2, -0.15) is 0 Å². The van der Waals surface area contributed by atoms with Crippen molar-refractivity contribution in [2.24, 2.45) is 4.99 Å². The van der Waals surface area contributed by atoms with Gasteiger partial charge in [-0.15, -0.1) is 0 Å². The first kappa shape index (κ1) is 11.3. The van der Waals surface area contributed by atoms with Crippen LogP contribution in [0.15, 0.2) is 4.99 Å². The van der Waals surface area contributed by atoms with E-state index in [1.54, 1.807) is 0 Å². The summed E-state index contributed by atoms with van der Waals surface area (Å²) in [6, 6.07) is 0. The summed E-state index contributed by atoms with van der Waals surface area (Å²) in [6.45, 7) is 3.28. The van der Waals surface area contributed by atoms with Gasteiger partial charge in [0.05, 0.1) is 0 Å². The molecule has 0 N–H and O–H groups in total. The molecule has 2 heteroatoms. The fourth-order valence-corrected chi connectivity index (χ4v) is 0.942. The maximum atomic E-state index is 4.31. The van der Waals surface area contributed by atoms with Crippen molar-refractivity contribution in [2.45, 2.75) is 44.1 Å². The molecule has 0 aromatic heterocycles. The Hall–Kier alpha value is 0.267. The SMILES string of the molecule is [Li][CH2]CC=NCCCCCC. The summed E-state index contributed by atoms with van der Waals surface area (Å²) in [5.41, 5.74) is 0. The van der Waals surface area contributed by atoms with Crippen LogP contribution in [0.25, 0.3) is 0 Å². The zero-order valence-electron chi connectivity index (χ0n) is 7.97. The van der Waals surface area contributed by atoms with E-state index in [0.717, 1.165) is 13.0 Å². The second-order valence-corrected chi connectivity index (χ2v) is 2.94. The van der Waals surface area contributed by atoms with Gasteiger partial charge in [0.25, 0.3) is 0 Å². The Morgan fingerprint density at radius 2 is 2.09 bits per heavy atom. The van der Waals surface area contributed by atoms with Gasteiger partial charge in [0.2, 0.25) is 0 Å². The molecule has 0 aliphatic carbocycles. The second kappa shape index (κ2) is 10.3. The average molecular weight is 147 g/mol. The van der Waals surface area contributed by atoms with Gasteiger partial charge in [0.15, 0.2) is 0 Å². The molecule has 0 aromatic rings. The van der Waals surface area contributed by atoms with Gasteiger partial charge >= 0.3 is 79.6 Å². The molecule has 60 valence electrons. The second-order valence-electron chi connectivity index (χ2n) is 2.94. The predicted molar refractivity (Wildman–Crippen MR) is 52.7 cm³/mol. The van der Waals surface area contributed by atoms with Crippen molar-refractivity contribution in [3.05, 3.63) is 0 Å². The quantitative estimate of drug-likeness (QED) is 0.298. The summed E-state index contributed by atoms with van der Waals surface area (Å²) in [6.07, 6.45) is 8.51. The van der Waals surface area contributed by atoms with E-state index in [4.69, 9.17) is 0 Å². The first-order valence-corrected chi connectivity index (χ1v) is 4.90. The Morgan fingerprint density at radius 3 is 2.73 bits per heavy atom. The molecule has 0 atom stereocenters. The number of nitrogens with zero attached hydrogens (tertiary/aromatic N) is 1. The van der Waals surface area contributed by atoms with Crippen molar-refractivity contribution in [1.82, 2.24) is 0 Å². The predicted octanol–water partition coefficient (Wildman–Crippen LogP) is 2.61. The molecule has 0 aliphatic heterocycles. The summed E-state index contributed by atoms with van der Waals surface area (Å²) in [5, 5.41) is 1.22. The molecule has 0 spiro atoms. The molecule has 0 amide bonds. The van der Waals surface area contributed by atoms with Crippen LogP contribution in [0.3, 0.4) is 0 Å². The van der Waals surface area contributed by atoms with E-state index in [-0.39, 0.29) is 0 Å². The zero-order valence-corrected chi connectivity index (χ0v) is 7.97. The van der Waals surface area contributed by atoms with Crippen LogP contribution in [0, 0.1) is 0 Å². The van der Waals surface area contributed by atoms with Gasteiger partial charge < -0.3 is 0 Å². The van der Waals surface area contributed by atoms with Crippen molar-refractivity contribution in [3.63, 3.8) is 0 Å². The van der Waals surface area contributed by atoms with E-state index in [9.17, 15) is 0 Å². The van der Waals surface area contributed by atoms with Gasteiger partial charge in [-0.3, -0.25) is 0 Å². The molecular weight excluding hydrogens is 129 g/mol. The van der Waals surface area contributed by atoms with E-state index < -0.39 is 0 Å². The molecule has 0 heterocycles. The van der Waals surface area contributed by atoms with E-state index in [1.165, 1.54) is 30.8 Å². The van der Waals surface area contributed by atoms with E-state index in [0.29, 0.717) is 0 Å². The van der Waals surface area contributed by atoms with Crippen molar-refractivity contribution in [2.75, 3.05) is 6.54 Å². The average Bonchev–Trinajstić information content (AvgIpc) is 2.03. The van der Waals surface area contributed by atoms with Crippen LogP contribution in [0.4, 0.5) is 0 Å². The number of hydrogen-bond acceptors (Lipinski definition) is 1. The minimum absolute atomic E-state index is 1.04. The Labute approximate surface area is 79.9 Å². The van der Waals surface area contributed by atoms with Crippen molar-refractivity contribution in [3.8, 4) is 0 Å². The van der Waals surface area contributed by atoms with Crippen LogP contribution in [0.5, 0.6) is 0 Å². The third-order valence-electron chi connectivity index (χ3n) is 1.69. The molecular formula is C9H18LiN. The molecule has 1 nitrogen and oxygen atoms in total. The molecule has 0 saturated heterocycles. The summed E-state index contributed by atoms with van der Waals surface area (Å²) in [7, 11) is 0. The standard InChI is InChI=1S/C9H18N.Li/c1-3-5-6-7-9-10-8-4-2;/h8H,2-7,9H2,1H3;. The number of aliphatic imine (C=N–C) groups is 1. The van der Waals surface area contributed by atoms with E-state index in [2.05, 4.69) is 35.8 Å². The topological polar surface area (TPSA) is 12.4 Å². The Kier molecular flexibility index (Phi) is 10.5. The molecule has 0 radical (unpaired) electrons. The molecule has 0 unspecified atom stereocenters. The normalized spacial score (nSPS) is 11.2. The molecule has 0 rings (SSSR count). The van der Waals surface area contributed by atoms with Gasteiger partial charge in [-0.1, -0.05) is 0 Å². The third-order valence-corrected chi connectivity index (χ3v) is 1.69. The van der Waals surface area contributed by atoms with Gasteiger partial charge in [-0.25, -0.2) is 0 Å². The van der Waals surface area contributed by atoms with Crippen LogP contribution >= 0.6 is 0 Å². The van der Waals surface area contributed by atoms with Crippen LogP contribution in [0.1, 0.15) is 39.0 Å². The number of unbranched alkanes of at least 4 members (excludes halogenated alkanes) is 3. The van der Waals surface area contributed by atoms with E-state index >= 15 is 0 Å². The summed E-state index contributed by atoms with van der Waals surface area (Å²) < 4.78 is 0.